The maximum atomic E-state index is 12.3. The predicted molar refractivity (Wildman–Crippen MR) is 71.8 cm³/mol. The molecule has 1 heterocycles. The lowest BCUT2D eigenvalue weighted by atomic mass is 9.90. The molecule has 1 aromatic rings. The number of hydrogen-bond acceptors (Lipinski definition) is 2. The van der Waals surface area contributed by atoms with Crippen LogP contribution in [-0.4, -0.2) is 18.9 Å². The van der Waals surface area contributed by atoms with E-state index in [1.54, 1.807) is 0 Å². The van der Waals surface area contributed by atoms with Crippen LogP contribution in [0, 0.1) is 5.92 Å². The van der Waals surface area contributed by atoms with Crippen LogP contribution in [0.4, 0.5) is 0 Å². The van der Waals surface area contributed by atoms with E-state index in [1.165, 1.54) is 0 Å². The summed E-state index contributed by atoms with van der Waals surface area (Å²) in [6.07, 6.45) is 1.89. The van der Waals surface area contributed by atoms with Gasteiger partial charge in [-0.2, -0.15) is 0 Å². The average molecular weight is 347 g/mol. The predicted octanol–water partition coefficient (Wildman–Crippen LogP) is 3.39. The Labute approximate surface area is 112 Å². The van der Waals surface area contributed by atoms with Crippen molar-refractivity contribution in [1.29, 1.82) is 0 Å². The summed E-state index contributed by atoms with van der Waals surface area (Å²) in [4.78, 5) is 12.3. The molecule has 1 saturated heterocycles. The van der Waals surface area contributed by atoms with Crippen LogP contribution in [0.25, 0.3) is 0 Å². The summed E-state index contributed by atoms with van der Waals surface area (Å²) in [7, 11) is 0. The molecule has 2 nitrogen and oxygen atoms in total. The summed E-state index contributed by atoms with van der Waals surface area (Å²) in [6, 6.07) is 5.73. The lowest BCUT2D eigenvalue weighted by Gasteiger charge is -2.21. The molecule has 1 aliphatic heterocycles. The molecule has 1 fully saturated rings. The molecule has 0 aromatic heterocycles. The molecular weight excluding hydrogens is 334 g/mol. The summed E-state index contributed by atoms with van der Waals surface area (Å²) in [5.41, 5.74) is 0.801. The minimum Gasteiger partial charge on any atom is -0.317 e. The van der Waals surface area contributed by atoms with Crippen molar-refractivity contribution in [2.45, 2.75) is 12.8 Å². The van der Waals surface area contributed by atoms with E-state index in [1.807, 2.05) is 18.2 Å². The summed E-state index contributed by atoms with van der Waals surface area (Å²) in [5.74, 6) is 0.444. The fourth-order valence-corrected chi connectivity index (χ4v) is 3.24. The number of rotatable bonds is 2. The monoisotopic (exact) mass is 345 g/mol. The van der Waals surface area contributed by atoms with Crippen LogP contribution in [0.2, 0.25) is 0 Å². The van der Waals surface area contributed by atoms with Crippen molar-refractivity contribution < 1.29 is 4.79 Å². The molecule has 1 aromatic carbocycles. The van der Waals surface area contributed by atoms with E-state index in [0.29, 0.717) is 0 Å². The third-order valence-electron chi connectivity index (χ3n) is 2.91. The van der Waals surface area contributed by atoms with Crippen LogP contribution in [0.3, 0.4) is 0 Å². The highest BCUT2D eigenvalue weighted by Crippen LogP contribution is 2.26. The van der Waals surface area contributed by atoms with Gasteiger partial charge in [0, 0.05) is 20.4 Å². The zero-order valence-corrected chi connectivity index (χ0v) is 12.0. The van der Waals surface area contributed by atoms with E-state index in [9.17, 15) is 4.79 Å². The van der Waals surface area contributed by atoms with Crippen molar-refractivity contribution in [3.8, 4) is 0 Å². The SMILES string of the molecule is O=C(c1ccc(Br)cc1Br)C1CCNCC1. The van der Waals surface area contributed by atoms with E-state index < -0.39 is 0 Å². The first kappa shape index (κ1) is 12.3. The quantitative estimate of drug-likeness (QED) is 0.831. The summed E-state index contributed by atoms with van der Waals surface area (Å²) in [5, 5.41) is 3.27. The standard InChI is InChI=1S/C12H13Br2NO/c13-9-1-2-10(11(14)7-9)12(16)8-3-5-15-6-4-8/h1-2,7-8,15H,3-6H2. The molecule has 1 aliphatic rings. The fourth-order valence-electron chi connectivity index (χ4n) is 1.99. The number of hydrogen-bond donors (Lipinski definition) is 1. The Bertz CT molecular complexity index is 400. The van der Waals surface area contributed by atoms with Crippen molar-refractivity contribution in [2.24, 2.45) is 5.92 Å². The topological polar surface area (TPSA) is 29.1 Å². The number of carbonyl (C=O) groups is 1. The Morgan fingerprint density at radius 1 is 1.25 bits per heavy atom. The molecule has 0 amide bonds. The molecule has 0 spiro atoms. The van der Waals surface area contributed by atoms with Gasteiger partial charge in [0.15, 0.2) is 5.78 Å². The number of piperidine rings is 1. The summed E-state index contributed by atoms with van der Waals surface area (Å²) < 4.78 is 1.87. The van der Waals surface area contributed by atoms with Gasteiger partial charge in [-0.25, -0.2) is 0 Å². The Hall–Kier alpha value is -0.190. The minimum atomic E-state index is 0.179. The van der Waals surface area contributed by atoms with Gasteiger partial charge in [0.25, 0.3) is 0 Å². The second-order valence-electron chi connectivity index (χ2n) is 4.01. The molecule has 86 valence electrons. The molecule has 4 heteroatoms. The molecule has 0 atom stereocenters. The number of ketones is 1. The first-order valence-corrected chi connectivity index (χ1v) is 6.97. The molecule has 2 rings (SSSR count). The lowest BCUT2D eigenvalue weighted by molar-refractivity contribution is 0.0894. The third kappa shape index (κ3) is 2.73. The zero-order chi connectivity index (χ0) is 11.5. The summed E-state index contributed by atoms with van der Waals surface area (Å²) in [6.45, 7) is 1.90. The van der Waals surface area contributed by atoms with E-state index in [2.05, 4.69) is 37.2 Å². The molecule has 0 saturated carbocycles. The Balaban J connectivity index is 2.19. The van der Waals surface area contributed by atoms with E-state index in [-0.39, 0.29) is 11.7 Å². The Morgan fingerprint density at radius 3 is 2.56 bits per heavy atom. The highest BCUT2D eigenvalue weighted by molar-refractivity contribution is 9.11. The van der Waals surface area contributed by atoms with Crippen LogP contribution in [0.5, 0.6) is 0 Å². The molecule has 16 heavy (non-hydrogen) atoms. The first-order valence-electron chi connectivity index (χ1n) is 5.38. The van der Waals surface area contributed by atoms with E-state index in [0.717, 1.165) is 40.4 Å². The third-order valence-corrected chi connectivity index (χ3v) is 4.06. The van der Waals surface area contributed by atoms with Crippen LogP contribution in [-0.2, 0) is 0 Å². The Morgan fingerprint density at radius 2 is 1.94 bits per heavy atom. The highest BCUT2D eigenvalue weighted by atomic mass is 79.9. The molecule has 0 unspecified atom stereocenters. The van der Waals surface area contributed by atoms with Crippen molar-refractivity contribution in [3.63, 3.8) is 0 Å². The van der Waals surface area contributed by atoms with Gasteiger partial charge in [-0.3, -0.25) is 4.79 Å². The smallest absolute Gasteiger partial charge is 0.167 e. The van der Waals surface area contributed by atoms with Crippen LogP contribution in [0.15, 0.2) is 27.1 Å². The maximum absolute atomic E-state index is 12.3. The lowest BCUT2D eigenvalue weighted by Crippen LogP contribution is -2.32. The zero-order valence-electron chi connectivity index (χ0n) is 8.80. The van der Waals surface area contributed by atoms with Crippen molar-refractivity contribution in [3.05, 3.63) is 32.7 Å². The molecule has 0 radical (unpaired) electrons. The van der Waals surface area contributed by atoms with Gasteiger partial charge >= 0.3 is 0 Å². The number of nitrogens with one attached hydrogen (secondary N) is 1. The average Bonchev–Trinajstić information content (AvgIpc) is 2.29. The van der Waals surface area contributed by atoms with Gasteiger partial charge in [0.1, 0.15) is 0 Å². The summed E-state index contributed by atoms with van der Waals surface area (Å²) >= 11 is 6.84. The van der Waals surface area contributed by atoms with Gasteiger partial charge in [-0.15, -0.1) is 0 Å². The van der Waals surface area contributed by atoms with Gasteiger partial charge in [0.05, 0.1) is 0 Å². The molecule has 0 bridgehead atoms. The van der Waals surface area contributed by atoms with Crippen LogP contribution < -0.4 is 5.32 Å². The van der Waals surface area contributed by atoms with Gasteiger partial charge in [-0.05, 0) is 44.1 Å². The Kier molecular flexibility index (Phi) is 4.16. The number of benzene rings is 1. The second-order valence-corrected chi connectivity index (χ2v) is 5.78. The van der Waals surface area contributed by atoms with Crippen LogP contribution in [0.1, 0.15) is 23.2 Å². The van der Waals surface area contributed by atoms with Crippen molar-refractivity contribution in [1.82, 2.24) is 5.32 Å². The van der Waals surface area contributed by atoms with E-state index >= 15 is 0 Å². The fraction of sp³-hybridized carbons (Fsp3) is 0.417. The normalized spacial score (nSPS) is 17.4. The highest BCUT2D eigenvalue weighted by Gasteiger charge is 2.23. The van der Waals surface area contributed by atoms with Crippen molar-refractivity contribution >= 4 is 37.6 Å². The van der Waals surface area contributed by atoms with Gasteiger partial charge in [-0.1, -0.05) is 31.9 Å². The number of halogens is 2. The number of carbonyl (C=O) groups excluding carboxylic acids is 1. The maximum Gasteiger partial charge on any atom is 0.167 e. The second kappa shape index (κ2) is 5.43. The largest absolute Gasteiger partial charge is 0.317 e. The van der Waals surface area contributed by atoms with Crippen molar-refractivity contribution in [2.75, 3.05) is 13.1 Å². The first-order chi connectivity index (χ1) is 7.68. The van der Waals surface area contributed by atoms with E-state index in [4.69, 9.17) is 0 Å². The molecular formula is C12H13Br2NO. The minimum absolute atomic E-state index is 0.179. The molecule has 0 aliphatic carbocycles. The molecule has 1 N–H and O–H groups in total. The van der Waals surface area contributed by atoms with Crippen LogP contribution >= 0.6 is 31.9 Å². The number of Topliss-reactive ketones (excluding diaryl/α,β-unsaturated/α-hetero) is 1. The van der Waals surface area contributed by atoms with Gasteiger partial charge in [0.2, 0.25) is 0 Å². The van der Waals surface area contributed by atoms with Gasteiger partial charge < -0.3 is 5.32 Å².